The lowest BCUT2D eigenvalue weighted by Crippen LogP contribution is -2.41. The number of amides is 2. The van der Waals surface area contributed by atoms with Gasteiger partial charge in [-0.25, -0.2) is 0 Å². The first-order chi connectivity index (χ1) is 7.47. The molecule has 0 aliphatic rings. The van der Waals surface area contributed by atoms with E-state index in [0.717, 1.165) is 0 Å². The topological polar surface area (TPSA) is 61.4 Å². The van der Waals surface area contributed by atoms with Gasteiger partial charge in [-0.1, -0.05) is 13.8 Å². The van der Waals surface area contributed by atoms with E-state index in [-0.39, 0.29) is 24.9 Å². The molecule has 0 saturated carbocycles. The number of nitrogens with zero attached hydrogens (tertiary/aromatic N) is 1. The molecule has 0 fully saturated rings. The van der Waals surface area contributed by atoms with Crippen molar-refractivity contribution < 1.29 is 9.59 Å². The Kier molecular flexibility index (Phi) is 7.54. The first kappa shape index (κ1) is 14.9. The SMILES string of the molecule is CCN(C)C(=O)CNCC(=O)NCC(C)C. The number of hydrogen-bond donors (Lipinski definition) is 2. The molecule has 0 radical (unpaired) electrons. The summed E-state index contributed by atoms with van der Waals surface area (Å²) in [5, 5.41) is 5.59. The van der Waals surface area contributed by atoms with E-state index in [1.165, 1.54) is 0 Å². The second-order valence-corrected chi connectivity index (χ2v) is 4.21. The minimum absolute atomic E-state index is 0.000778. The molecule has 0 aromatic rings. The maximum atomic E-state index is 11.4. The van der Waals surface area contributed by atoms with Gasteiger partial charge in [-0.05, 0) is 12.8 Å². The lowest BCUT2D eigenvalue weighted by atomic mass is 10.2. The van der Waals surface area contributed by atoms with E-state index in [1.54, 1.807) is 11.9 Å². The van der Waals surface area contributed by atoms with Crippen LogP contribution in [0.3, 0.4) is 0 Å². The quantitative estimate of drug-likeness (QED) is 0.637. The lowest BCUT2D eigenvalue weighted by Gasteiger charge is -2.14. The molecule has 2 N–H and O–H groups in total. The molecule has 0 unspecified atom stereocenters. The van der Waals surface area contributed by atoms with Gasteiger partial charge >= 0.3 is 0 Å². The van der Waals surface area contributed by atoms with Crippen LogP contribution in [0.25, 0.3) is 0 Å². The van der Waals surface area contributed by atoms with Gasteiger partial charge in [0.25, 0.3) is 0 Å². The highest BCUT2D eigenvalue weighted by Gasteiger charge is 2.07. The zero-order chi connectivity index (χ0) is 12.6. The van der Waals surface area contributed by atoms with Gasteiger partial charge in [0, 0.05) is 20.1 Å². The fraction of sp³-hybridized carbons (Fsp3) is 0.818. The van der Waals surface area contributed by atoms with Gasteiger partial charge in [0.1, 0.15) is 0 Å². The van der Waals surface area contributed by atoms with Crippen molar-refractivity contribution in [2.75, 3.05) is 33.2 Å². The van der Waals surface area contributed by atoms with Crippen LogP contribution in [0, 0.1) is 5.92 Å². The van der Waals surface area contributed by atoms with Crippen molar-refractivity contribution in [2.45, 2.75) is 20.8 Å². The van der Waals surface area contributed by atoms with Gasteiger partial charge in [-0.15, -0.1) is 0 Å². The summed E-state index contributed by atoms with van der Waals surface area (Å²) in [7, 11) is 1.74. The second kappa shape index (κ2) is 8.10. The van der Waals surface area contributed by atoms with Gasteiger partial charge in [0.2, 0.25) is 11.8 Å². The molecule has 94 valence electrons. The van der Waals surface area contributed by atoms with E-state index in [2.05, 4.69) is 10.6 Å². The first-order valence-electron chi connectivity index (χ1n) is 5.68. The predicted octanol–water partition coefficient (Wildman–Crippen LogP) is -0.173. The van der Waals surface area contributed by atoms with Crippen LogP contribution in [0.4, 0.5) is 0 Å². The number of nitrogens with one attached hydrogen (secondary N) is 2. The van der Waals surface area contributed by atoms with E-state index < -0.39 is 0 Å². The van der Waals surface area contributed by atoms with Gasteiger partial charge in [0.05, 0.1) is 13.1 Å². The molecule has 0 atom stereocenters. The molecule has 2 amide bonds. The molecule has 0 bridgehead atoms. The zero-order valence-electron chi connectivity index (χ0n) is 10.7. The molecule has 5 nitrogen and oxygen atoms in total. The molecule has 0 spiro atoms. The van der Waals surface area contributed by atoms with Gasteiger partial charge < -0.3 is 10.2 Å². The smallest absolute Gasteiger partial charge is 0.236 e. The average Bonchev–Trinajstić information content (AvgIpc) is 2.24. The largest absolute Gasteiger partial charge is 0.355 e. The third-order valence-corrected chi connectivity index (χ3v) is 2.17. The Bertz CT molecular complexity index is 229. The average molecular weight is 229 g/mol. The molecular formula is C11H23N3O2. The van der Waals surface area contributed by atoms with Crippen LogP contribution >= 0.6 is 0 Å². The van der Waals surface area contributed by atoms with E-state index in [9.17, 15) is 9.59 Å². The summed E-state index contributed by atoms with van der Waals surface area (Å²) in [4.78, 5) is 24.2. The Morgan fingerprint density at radius 3 is 2.38 bits per heavy atom. The Morgan fingerprint density at radius 1 is 1.25 bits per heavy atom. The van der Waals surface area contributed by atoms with Crippen molar-refractivity contribution in [1.29, 1.82) is 0 Å². The molecule has 16 heavy (non-hydrogen) atoms. The van der Waals surface area contributed by atoms with E-state index in [0.29, 0.717) is 19.0 Å². The van der Waals surface area contributed by atoms with Crippen LogP contribution in [-0.2, 0) is 9.59 Å². The summed E-state index contributed by atoms with van der Waals surface area (Å²) in [6.07, 6.45) is 0. The Labute approximate surface area is 97.6 Å². The number of rotatable bonds is 7. The minimum atomic E-state index is -0.0688. The Balaban J connectivity index is 3.58. The molecule has 0 aliphatic heterocycles. The summed E-state index contributed by atoms with van der Waals surface area (Å²) in [5.41, 5.74) is 0. The highest BCUT2D eigenvalue weighted by molar-refractivity contribution is 5.81. The van der Waals surface area contributed by atoms with Gasteiger partial charge in [-0.2, -0.15) is 0 Å². The number of carbonyl (C=O) groups is 2. The normalized spacial score (nSPS) is 10.3. The molecular weight excluding hydrogens is 206 g/mol. The monoisotopic (exact) mass is 229 g/mol. The maximum Gasteiger partial charge on any atom is 0.236 e. The third-order valence-electron chi connectivity index (χ3n) is 2.17. The van der Waals surface area contributed by atoms with E-state index in [1.807, 2.05) is 20.8 Å². The number of hydrogen-bond acceptors (Lipinski definition) is 3. The summed E-state index contributed by atoms with van der Waals surface area (Å²) >= 11 is 0. The van der Waals surface area contributed by atoms with Crippen LogP contribution < -0.4 is 10.6 Å². The standard InChI is InChI=1S/C11H23N3O2/c1-5-14(4)11(16)8-12-7-10(15)13-6-9(2)3/h9,12H,5-8H2,1-4H3,(H,13,15). The van der Waals surface area contributed by atoms with Crippen molar-refractivity contribution in [2.24, 2.45) is 5.92 Å². The van der Waals surface area contributed by atoms with E-state index >= 15 is 0 Å². The molecule has 0 aliphatic carbocycles. The fourth-order valence-electron chi connectivity index (χ4n) is 0.975. The van der Waals surface area contributed by atoms with Crippen molar-refractivity contribution in [1.82, 2.24) is 15.5 Å². The second-order valence-electron chi connectivity index (χ2n) is 4.21. The summed E-state index contributed by atoms with van der Waals surface area (Å²) in [6.45, 7) is 7.73. The number of likely N-dealkylation sites (N-methyl/N-ethyl adjacent to an activating group) is 1. The van der Waals surface area contributed by atoms with Crippen LogP contribution in [0.2, 0.25) is 0 Å². The minimum Gasteiger partial charge on any atom is -0.355 e. The summed E-state index contributed by atoms with van der Waals surface area (Å²) in [5.74, 6) is 0.372. The van der Waals surface area contributed by atoms with Crippen molar-refractivity contribution in [3.05, 3.63) is 0 Å². The van der Waals surface area contributed by atoms with Crippen LogP contribution in [-0.4, -0.2) is 49.9 Å². The molecule has 0 aromatic carbocycles. The third kappa shape index (κ3) is 7.23. The highest BCUT2D eigenvalue weighted by atomic mass is 16.2. The van der Waals surface area contributed by atoms with Crippen LogP contribution in [0.1, 0.15) is 20.8 Å². The van der Waals surface area contributed by atoms with Crippen LogP contribution in [0.5, 0.6) is 0 Å². The van der Waals surface area contributed by atoms with Crippen molar-refractivity contribution in [3.8, 4) is 0 Å². The molecule has 0 saturated heterocycles. The molecule has 0 rings (SSSR count). The van der Waals surface area contributed by atoms with Crippen LogP contribution in [0.15, 0.2) is 0 Å². The summed E-state index contributed by atoms with van der Waals surface area (Å²) in [6, 6.07) is 0. The molecule has 0 aromatic heterocycles. The lowest BCUT2D eigenvalue weighted by molar-refractivity contribution is -0.128. The fourth-order valence-corrected chi connectivity index (χ4v) is 0.975. The Hall–Kier alpha value is -1.10. The zero-order valence-corrected chi connectivity index (χ0v) is 10.7. The van der Waals surface area contributed by atoms with Gasteiger partial charge in [0.15, 0.2) is 0 Å². The van der Waals surface area contributed by atoms with Crippen molar-refractivity contribution in [3.63, 3.8) is 0 Å². The highest BCUT2D eigenvalue weighted by Crippen LogP contribution is 1.86. The number of carbonyl (C=O) groups excluding carboxylic acids is 2. The summed E-state index contributed by atoms with van der Waals surface area (Å²) < 4.78 is 0. The first-order valence-corrected chi connectivity index (χ1v) is 5.68. The Morgan fingerprint density at radius 2 is 1.88 bits per heavy atom. The maximum absolute atomic E-state index is 11.4. The predicted molar refractivity (Wildman–Crippen MR) is 64.0 cm³/mol. The molecule has 0 heterocycles. The molecule has 5 heteroatoms. The van der Waals surface area contributed by atoms with E-state index in [4.69, 9.17) is 0 Å². The van der Waals surface area contributed by atoms with Crippen molar-refractivity contribution >= 4 is 11.8 Å². The van der Waals surface area contributed by atoms with Gasteiger partial charge in [-0.3, -0.25) is 14.9 Å².